The minimum Gasteiger partial charge on any atom is -0.115 e. The Bertz CT molecular complexity index is 1080. The van der Waals surface area contributed by atoms with Crippen LogP contribution in [0.5, 0.6) is 0 Å². The highest BCUT2D eigenvalue weighted by Gasteiger charge is 2.35. The number of benzene rings is 4. The SMILES string of the molecule is C#Cc1ccc([Si](C)(c2ccccc2)c2cccc3ccccc23)cc1. The van der Waals surface area contributed by atoms with Crippen molar-refractivity contribution in [2.24, 2.45) is 0 Å². The maximum Gasteiger partial charge on any atom is 0.146 e. The fourth-order valence-corrected chi connectivity index (χ4v) is 7.65. The summed E-state index contributed by atoms with van der Waals surface area (Å²) in [6.07, 6.45) is 5.57. The lowest BCUT2D eigenvalue weighted by molar-refractivity contribution is 1.65. The first-order valence-electron chi connectivity index (χ1n) is 8.84. The van der Waals surface area contributed by atoms with Crippen molar-refractivity contribution >= 4 is 34.4 Å². The highest BCUT2D eigenvalue weighted by atomic mass is 28.3. The molecule has 1 atom stereocenters. The molecule has 1 heteroatoms. The molecule has 26 heavy (non-hydrogen) atoms. The van der Waals surface area contributed by atoms with Crippen LogP contribution in [0.2, 0.25) is 6.55 Å². The lowest BCUT2D eigenvalue weighted by Crippen LogP contribution is -2.64. The third-order valence-corrected chi connectivity index (χ3v) is 9.80. The summed E-state index contributed by atoms with van der Waals surface area (Å²) in [5, 5.41) is 6.85. The van der Waals surface area contributed by atoms with Gasteiger partial charge < -0.3 is 0 Å². The Morgan fingerprint density at radius 2 is 1.27 bits per heavy atom. The van der Waals surface area contributed by atoms with Gasteiger partial charge in [0.05, 0.1) is 0 Å². The number of hydrogen-bond acceptors (Lipinski definition) is 0. The lowest BCUT2D eigenvalue weighted by atomic mass is 10.1. The first-order chi connectivity index (χ1) is 12.7. The highest BCUT2D eigenvalue weighted by Crippen LogP contribution is 2.17. The molecule has 0 nitrogen and oxygen atoms in total. The fourth-order valence-electron chi connectivity index (χ4n) is 3.81. The standard InChI is InChI=1S/C25H20Si/c1-3-20-16-18-23(19-17-20)26(2,22-12-5-4-6-13-22)25-15-9-11-21-10-7-8-14-24(21)25/h1,4-19H,2H3. The molecule has 0 N–H and O–H groups in total. The molecule has 0 bridgehead atoms. The molecule has 0 saturated carbocycles. The van der Waals surface area contributed by atoms with Gasteiger partial charge in [0.2, 0.25) is 0 Å². The van der Waals surface area contributed by atoms with E-state index >= 15 is 0 Å². The zero-order chi connectivity index (χ0) is 18.0. The molecule has 0 aromatic heterocycles. The molecule has 124 valence electrons. The zero-order valence-electron chi connectivity index (χ0n) is 14.8. The van der Waals surface area contributed by atoms with E-state index in [9.17, 15) is 0 Å². The van der Waals surface area contributed by atoms with Crippen molar-refractivity contribution in [2.45, 2.75) is 6.55 Å². The predicted octanol–water partition coefficient (Wildman–Crippen LogP) is 3.92. The molecule has 0 heterocycles. The molecule has 0 spiro atoms. The van der Waals surface area contributed by atoms with E-state index in [4.69, 9.17) is 6.42 Å². The van der Waals surface area contributed by atoms with Gasteiger partial charge in [-0.15, -0.1) is 6.42 Å². The molecular formula is C25H20Si. The normalized spacial score (nSPS) is 13.1. The lowest BCUT2D eigenvalue weighted by Gasteiger charge is -2.30. The van der Waals surface area contributed by atoms with Crippen LogP contribution in [0.4, 0.5) is 0 Å². The summed E-state index contributed by atoms with van der Waals surface area (Å²) in [5.41, 5.74) is 0.927. The minimum absolute atomic E-state index is 0.927. The summed E-state index contributed by atoms with van der Waals surface area (Å²) in [6.45, 7) is 2.44. The third kappa shape index (κ3) is 2.65. The molecule has 0 amide bonds. The quantitative estimate of drug-likeness (QED) is 0.299. The first-order valence-corrected chi connectivity index (χ1v) is 11.3. The minimum atomic E-state index is -2.15. The van der Waals surface area contributed by atoms with Gasteiger partial charge in [-0.1, -0.05) is 97.4 Å². The monoisotopic (exact) mass is 348 g/mol. The Morgan fingerprint density at radius 3 is 2.00 bits per heavy atom. The second kappa shape index (κ2) is 6.67. The van der Waals surface area contributed by atoms with Crippen LogP contribution in [0.15, 0.2) is 97.1 Å². The van der Waals surface area contributed by atoms with Crippen molar-refractivity contribution in [3.63, 3.8) is 0 Å². The van der Waals surface area contributed by atoms with Gasteiger partial charge in [-0.25, -0.2) is 0 Å². The second-order valence-corrected chi connectivity index (χ2v) is 10.7. The first kappa shape index (κ1) is 16.4. The van der Waals surface area contributed by atoms with Crippen LogP contribution < -0.4 is 15.6 Å². The molecule has 4 aromatic rings. The number of hydrogen-bond donors (Lipinski definition) is 0. The largest absolute Gasteiger partial charge is 0.146 e. The summed E-state index contributed by atoms with van der Waals surface area (Å²) in [4.78, 5) is 0. The van der Waals surface area contributed by atoms with Gasteiger partial charge in [-0.3, -0.25) is 0 Å². The van der Waals surface area contributed by atoms with Crippen LogP contribution in [0, 0.1) is 12.3 Å². The maximum atomic E-state index is 5.57. The van der Waals surface area contributed by atoms with E-state index in [-0.39, 0.29) is 0 Å². The van der Waals surface area contributed by atoms with Crippen LogP contribution in [-0.4, -0.2) is 8.07 Å². The molecule has 0 aliphatic heterocycles. The van der Waals surface area contributed by atoms with Gasteiger partial charge in [0, 0.05) is 5.56 Å². The molecule has 0 aliphatic carbocycles. The van der Waals surface area contributed by atoms with E-state index in [1.54, 1.807) is 0 Å². The van der Waals surface area contributed by atoms with Gasteiger partial charge in [0.25, 0.3) is 0 Å². The summed E-state index contributed by atoms with van der Waals surface area (Å²) in [5.74, 6) is 2.73. The zero-order valence-corrected chi connectivity index (χ0v) is 15.8. The number of rotatable bonds is 3. The van der Waals surface area contributed by atoms with Gasteiger partial charge in [0.15, 0.2) is 0 Å². The van der Waals surface area contributed by atoms with Crippen molar-refractivity contribution in [1.82, 2.24) is 0 Å². The van der Waals surface area contributed by atoms with Crippen LogP contribution >= 0.6 is 0 Å². The summed E-state index contributed by atoms with van der Waals surface area (Å²) >= 11 is 0. The van der Waals surface area contributed by atoms with E-state index in [1.807, 2.05) is 0 Å². The number of fused-ring (bicyclic) bond motifs is 1. The Labute approximate surface area is 156 Å². The summed E-state index contributed by atoms with van der Waals surface area (Å²) < 4.78 is 0. The van der Waals surface area contributed by atoms with Crippen molar-refractivity contribution in [1.29, 1.82) is 0 Å². The second-order valence-electron chi connectivity index (χ2n) is 6.74. The summed E-state index contributed by atoms with van der Waals surface area (Å²) in [6, 6.07) is 34.8. The van der Waals surface area contributed by atoms with Crippen LogP contribution in [0.25, 0.3) is 10.8 Å². The van der Waals surface area contributed by atoms with E-state index < -0.39 is 8.07 Å². The van der Waals surface area contributed by atoms with Crippen molar-refractivity contribution < 1.29 is 0 Å². The van der Waals surface area contributed by atoms with Crippen molar-refractivity contribution in [3.05, 3.63) is 103 Å². The molecule has 4 rings (SSSR count). The van der Waals surface area contributed by atoms with Crippen LogP contribution in [-0.2, 0) is 0 Å². The van der Waals surface area contributed by atoms with Crippen molar-refractivity contribution in [2.75, 3.05) is 0 Å². The van der Waals surface area contributed by atoms with Gasteiger partial charge >= 0.3 is 0 Å². The molecular weight excluding hydrogens is 328 g/mol. The molecule has 0 saturated heterocycles. The fraction of sp³-hybridized carbons (Fsp3) is 0.0400. The van der Waals surface area contributed by atoms with E-state index in [2.05, 4.69) is 110 Å². The van der Waals surface area contributed by atoms with Gasteiger partial charge in [-0.05, 0) is 38.5 Å². The Kier molecular flexibility index (Phi) is 4.20. The topological polar surface area (TPSA) is 0 Å². The smallest absolute Gasteiger partial charge is 0.115 e. The third-order valence-electron chi connectivity index (χ3n) is 5.31. The Hall–Kier alpha value is -3.08. The van der Waals surface area contributed by atoms with Gasteiger partial charge in [0.1, 0.15) is 8.07 Å². The predicted molar refractivity (Wildman–Crippen MR) is 115 cm³/mol. The van der Waals surface area contributed by atoms with Crippen LogP contribution in [0.3, 0.4) is 0 Å². The summed E-state index contributed by atoms with van der Waals surface area (Å²) in [7, 11) is -2.15. The van der Waals surface area contributed by atoms with Gasteiger partial charge in [-0.2, -0.15) is 0 Å². The maximum absolute atomic E-state index is 5.57. The molecule has 0 radical (unpaired) electrons. The van der Waals surface area contributed by atoms with Crippen LogP contribution in [0.1, 0.15) is 5.56 Å². The Morgan fingerprint density at radius 1 is 0.654 bits per heavy atom. The molecule has 1 unspecified atom stereocenters. The van der Waals surface area contributed by atoms with E-state index in [1.165, 1.54) is 26.3 Å². The number of terminal acetylenes is 1. The highest BCUT2D eigenvalue weighted by molar-refractivity contribution is 7.11. The average molecular weight is 349 g/mol. The molecule has 0 fully saturated rings. The average Bonchev–Trinajstić information content (AvgIpc) is 2.73. The van der Waals surface area contributed by atoms with Crippen molar-refractivity contribution in [3.8, 4) is 12.3 Å². The molecule has 0 aliphatic rings. The van der Waals surface area contributed by atoms with E-state index in [0.29, 0.717) is 0 Å². The van der Waals surface area contributed by atoms with E-state index in [0.717, 1.165) is 5.56 Å². The Balaban J connectivity index is 2.04. The molecule has 4 aromatic carbocycles.